The average Bonchev–Trinajstić information content (AvgIpc) is 2.86. The van der Waals surface area contributed by atoms with Gasteiger partial charge in [-0.25, -0.2) is 0 Å². The molecule has 0 radical (unpaired) electrons. The van der Waals surface area contributed by atoms with Crippen LogP contribution in [0.25, 0.3) is 0 Å². The highest BCUT2D eigenvalue weighted by molar-refractivity contribution is 4.89. The molecule has 2 rings (SSSR count). The molecule has 0 aromatic heterocycles. The number of rotatable bonds is 5. The zero-order chi connectivity index (χ0) is 9.31. The Morgan fingerprint density at radius 3 is 2.54 bits per heavy atom. The molecule has 1 saturated heterocycles. The van der Waals surface area contributed by atoms with E-state index in [1.807, 2.05) is 0 Å². The molecule has 0 aromatic carbocycles. The molecule has 76 valence electrons. The minimum Gasteiger partial charge on any atom is -0.380 e. The van der Waals surface area contributed by atoms with Crippen LogP contribution in [0.1, 0.15) is 33.1 Å². The van der Waals surface area contributed by atoms with Crippen molar-refractivity contribution in [3.05, 3.63) is 0 Å². The molecule has 13 heavy (non-hydrogen) atoms. The van der Waals surface area contributed by atoms with Crippen molar-refractivity contribution in [2.75, 3.05) is 19.8 Å². The Bertz CT molecular complexity index is 173. The minimum absolute atomic E-state index is 0.433. The molecule has 2 aliphatic rings. The van der Waals surface area contributed by atoms with Crippen LogP contribution in [0.2, 0.25) is 0 Å². The third kappa shape index (κ3) is 2.23. The molecule has 0 aromatic rings. The predicted molar refractivity (Wildman–Crippen MR) is 53.7 cm³/mol. The van der Waals surface area contributed by atoms with E-state index < -0.39 is 0 Å². The molecule has 2 heteroatoms. The first kappa shape index (κ1) is 9.47. The first-order valence-electron chi connectivity index (χ1n) is 5.55. The van der Waals surface area contributed by atoms with Crippen molar-refractivity contribution in [3.8, 4) is 0 Å². The Morgan fingerprint density at radius 1 is 1.46 bits per heavy atom. The van der Waals surface area contributed by atoms with Crippen LogP contribution in [-0.4, -0.2) is 25.8 Å². The molecule has 1 N–H and O–H groups in total. The van der Waals surface area contributed by atoms with Gasteiger partial charge in [0.05, 0.1) is 13.2 Å². The largest absolute Gasteiger partial charge is 0.380 e. The number of hydrogen-bond donors (Lipinski definition) is 1. The van der Waals surface area contributed by atoms with E-state index in [1.54, 1.807) is 0 Å². The minimum atomic E-state index is 0.433. The van der Waals surface area contributed by atoms with Crippen molar-refractivity contribution in [1.29, 1.82) is 0 Å². The molecular weight excluding hydrogens is 162 g/mol. The predicted octanol–water partition coefficient (Wildman–Crippen LogP) is 1.80. The molecule has 1 atom stereocenters. The van der Waals surface area contributed by atoms with Crippen molar-refractivity contribution < 1.29 is 4.74 Å². The van der Waals surface area contributed by atoms with Gasteiger partial charge in [-0.3, -0.25) is 0 Å². The Kier molecular flexibility index (Phi) is 2.61. The second-order valence-electron chi connectivity index (χ2n) is 5.04. The van der Waals surface area contributed by atoms with Crippen molar-refractivity contribution in [2.24, 2.45) is 11.3 Å². The first-order chi connectivity index (χ1) is 6.23. The molecular formula is C11H21NO. The summed E-state index contributed by atoms with van der Waals surface area (Å²) < 4.78 is 5.24. The second kappa shape index (κ2) is 3.58. The summed E-state index contributed by atoms with van der Waals surface area (Å²) >= 11 is 0. The SMILES string of the molecule is CCC(NCC1(C)COC1)C1CC1. The van der Waals surface area contributed by atoms with E-state index in [0.717, 1.165) is 31.7 Å². The number of ether oxygens (including phenoxy) is 1. The summed E-state index contributed by atoms with van der Waals surface area (Å²) in [5.74, 6) is 0.981. The molecule has 1 heterocycles. The summed E-state index contributed by atoms with van der Waals surface area (Å²) in [6, 6.07) is 0.775. The monoisotopic (exact) mass is 183 g/mol. The summed E-state index contributed by atoms with van der Waals surface area (Å²) in [5.41, 5.74) is 0.433. The van der Waals surface area contributed by atoms with Gasteiger partial charge >= 0.3 is 0 Å². The van der Waals surface area contributed by atoms with Gasteiger partial charge in [0.2, 0.25) is 0 Å². The molecule has 1 unspecified atom stereocenters. The van der Waals surface area contributed by atoms with E-state index in [0.29, 0.717) is 5.41 Å². The van der Waals surface area contributed by atoms with Gasteiger partial charge in [-0.05, 0) is 25.2 Å². The van der Waals surface area contributed by atoms with Crippen LogP contribution < -0.4 is 5.32 Å². The molecule has 0 spiro atoms. The topological polar surface area (TPSA) is 21.3 Å². The molecule has 1 aliphatic heterocycles. The lowest BCUT2D eigenvalue weighted by atomic mass is 9.88. The fourth-order valence-electron chi connectivity index (χ4n) is 2.07. The van der Waals surface area contributed by atoms with E-state index in [4.69, 9.17) is 4.74 Å². The molecule has 1 aliphatic carbocycles. The number of hydrogen-bond acceptors (Lipinski definition) is 2. The van der Waals surface area contributed by atoms with E-state index in [-0.39, 0.29) is 0 Å². The van der Waals surface area contributed by atoms with E-state index in [2.05, 4.69) is 19.2 Å². The second-order valence-corrected chi connectivity index (χ2v) is 5.04. The fourth-order valence-corrected chi connectivity index (χ4v) is 2.07. The van der Waals surface area contributed by atoms with Crippen LogP contribution in [0.4, 0.5) is 0 Å². The zero-order valence-corrected chi connectivity index (χ0v) is 8.81. The van der Waals surface area contributed by atoms with Gasteiger partial charge in [0.1, 0.15) is 0 Å². The third-order valence-corrected chi connectivity index (χ3v) is 3.32. The van der Waals surface area contributed by atoms with Crippen molar-refractivity contribution in [3.63, 3.8) is 0 Å². The molecule has 1 saturated carbocycles. The molecule has 0 bridgehead atoms. The molecule has 0 amide bonds. The van der Waals surface area contributed by atoms with E-state index in [9.17, 15) is 0 Å². The highest BCUT2D eigenvalue weighted by Crippen LogP contribution is 2.34. The first-order valence-corrected chi connectivity index (χ1v) is 5.55. The number of nitrogens with one attached hydrogen (secondary N) is 1. The van der Waals surface area contributed by atoms with Crippen LogP contribution in [0.3, 0.4) is 0 Å². The van der Waals surface area contributed by atoms with Crippen LogP contribution in [-0.2, 0) is 4.74 Å². The summed E-state index contributed by atoms with van der Waals surface area (Å²) in [5, 5.41) is 3.69. The van der Waals surface area contributed by atoms with Gasteiger partial charge in [0, 0.05) is 18.0 Å². The Balaban J connectivity index is 1.70. The van der Waals surface area contributed by atoms with Crippen LogP contribution in [0, 0.1) is 11.3 Å². The highest BCUT2D eigenvalue weighted by atomic mass is 16.5. The van der Waals surface area contributed by atoms with Crippen LogP contribution in [0.5, 0.6) is 0 Å². The van der Waals surface area contributed by atoms with Crippen molar-refractivity contribution in [2.45, 2.75) is 39.2 Å². The molecule has 2 fully saturated rings. The standard InChI is InChI=1S/C11H21NO/c1-3-10(9-4-5-9)12-6-11(2)7-13-8-11/h9-10,12H,3-8H2,1-2H3. The Hall–Kier alpha value is -0.0800. The van der Waals surface area contributed by atoms with Gasteiger partial charge < -0.3 is 10.1 Å². The average molecular weight is 183 g/mol. The van der Waals surface area contributed by atoms with Crippen LogP contribution in [0.15, 0.2) is 0 Å². The van der Waals surface area contributed by atoms with Gasteiger partial charge in [0.25, 0.3) is 0 Å². The third-order valence-electron chi connectivity index (χ3n) is 3.32. The normalized spacial score (nSPS) is 28.2. The maximum atomic E-state index is 5.24. The maximum absolute atomic E-state index is 5.24. The Morgan fingerprint density at radius 2 is 2.15 bits per heavy atom. The van der Waals surface area contributed by atoms with Crippen LogP contribution >= 0.6 is 0 Å². The van der Waals surface area contributed by atoms with Crippen molar-refractivity contribution in [1.82, 2.24) is 5.32 Å². The zero-order valence-electron chi connectivity index (χ0n) is 8.81. The van der Waals surface area contributed by atoms with Gasteiger partial charge in [0.15, 0.2) is 0 Å². The van der Waals surface area contributed by atoms with Gasteiger partial charge in [-0.1, -0.05) is 13.8 Å². The smallest absolute Gasteiger partial charge is 0.0554 e. The summed E-state index contributed by atoms with van der Waals surface area (Å²) in [6.07, 6.45) is 4.17. The molecule has 2 nitrogen and oxygen atoms in total. The lowest BCUT2D eigenvalue weighted by Gasteiger charge is -2.39. The summed E-state index contributed by atoms with van der Waals surface area (Å²) in [7, 11) is 0. The maximum Gasteiger partial charge on any atom is 0.0554 e. The van der Waals surface area contributed by atoms with Crippen molar-refractivity contribution >= 4 is 0 Å². The quantitative estimate of drug-likeness (QED) is 0.702. The Labute approximate surface area is 81.0 Å². The van der Waals surface area contributed by atoms with E-state index in [1.165, 1.54) is 19.3 Å². The lowest BCUT2D eigenvalue weighted by Crippen LogP contribution is -2.49. The van der Waals surface area contributed by atoms with E-state index >= 15 is 0 Å². The highest BCUT2D eigenvalue weighted by Gasteiger charge is 2.36. The lowest BCUT2D eigenvalue weighted by molar-refractivity contribution is -0.100. The summed E-state index contributed by atoms with van der Waals surface area (Å²) in [6.45, 7) is 7.63. The summed E-state index contributed by atoms with van der Waals surface area (Å²) in [4.78, 5) is 0. The van der Waals surface area contributed by atoms with Gasteiger partial charge in [-0.15, -0.1) is 0 Å². The van der Waals surface area contributed by atoms with Gasteiger partial charge in [-0.2, -0.15) is 0 Å². The fraction of sp³-hybridized carbons (Fsp3) is 1.00.